The number of piperazine rings is 1. The first kappa shape index (κ1) is 18.6. The minimum atomic E-state index is -0.0288. The molecule has 0 spiro atoms. The summed E-state index contributed by atoms with van der Waals surface area (Å²) >= 11 is 5.96. The summed E-state index contributed by atoms with van der Waals surface area (Å²) in [5.74, 6) is 0.867. The lowest BCUT2D eigenvalue weighted by atomic mass is 10.2. The number of hydrogen-bond donors (Lipinski definition) is 1. The summed E-state index contributed by atoms with van der Waals surface area (Å²) < 4.78 is 10.8. The smallest absolute Gasteiger partial charge is 0.317 e. The van der Waals surface area contributed by atoms with Gasteiger partial charge >= 0.3 is 6.03 Å². The van der Waals surface area contributed by atoms with Crippen molar-refractivity contribution in [3.63, 3.8) is 0 Å². The van der Waals surface area contributed by atoms with Crippen LogP contribution in [-0.2, 0) is 6.54 Å². The van der Waals surface area contributed by atoms with Crippen molar-refractivity contribution in [1.82, 2.24) is 15.1 Å². The van der Waals surface area contributed by atoms with Crippen LogP contribution in [0.3, 0.4) is 0 Å². The van der Waals surface area contributed by atoms with Gasteiger partial charge in [0, 0.05) is 49.9 Å². The molecule has 0 aliphatic carbocycles. The Morgan fingerprint density at radius 1 is 1.27 bits per heavy atom. The number of aryl methyl sites for hydroxylation is 1. The van der Waals surface area contributed by atoms with Crippen LogP contribution in [0.15, 0.2) is 41.2 Å². The minimum absolute atomic E-state index is 0.0288. The SMILES string of the molecule is Cc1cc(Cl)ccc1OCCN1CCN(C(=O)NCc2ccoc2)CC1. The lowest BCUT2D eigenvalue weighted by molar-refractivity contribution is 0.126. The molecule has 7 heteroatoms. The van der Waals surface area contributed by atoms with Crippen molar-refractivity contribution in [3.05, 3.63) is 52.9 Å². The zero-order valence-electron chi connectivity index (χ0n) is 14.9. The van der Waals surface area contributed by atoms with Crippen LogP contribution in [0.2, 0.25) is 5.02 Å². The molecular formula is C19H24ClN3O3. The molecular weight excluding hydrogens is 354 g/mol. The fraction of sp³-hybridized carbons (Fsp3) is 0.421. The van der Waals surface area contributed by atoms with Crippen LogP contribution in [0.4, 0.5) is 4.79 Å². The van der Waals surface area contributed by atoms with E-state index in [4.69, 9.17) is 20.8 Å². The summed E-state index contributed by atoms with van der Waals surface area (Å²) in [5, 5.41) is 3.64. The fourth-order valence-corrected chi connectivity index (χ4v) is 3.14. The van der Waals surface area contributed by atoms with E-state index in [0.29, 0.717) is 13.2 Å². The van der Waals surface area contributed by atoms with Gasteiger partial charge in [0.15, 0.2) is 0 Å². The van der Waals surface area contributed by atoms with E-state index in [2.05, 4.69) is 10.2 Å². The molecule has 0 unspecified atom stereocenters. The molecule has 0 saturated carbocycles. The molecule has 1 aliphatic rings. The predicted molar refractivity (Wildman–Crippen MR) is 101 cm³/mol. The molecule has 2 aromatic rings. The van der Waals surface area contributed by atoms with Gasteiger partial charge in [-0.3, -0.25) is 4.90 Å². The van der Waals surface area contributed by atoms with Gasteiger partial charge in [-0.2, -0.15) is 0 Å². The number of nitrogens with one attached hydrogen (secondary N) is 1. The number of halogens is 1. The van der Waals surface area contributed by atoms with Crippen LogP contribution in [0.1, 0.15) is 11.1 Å². The first-order valence-electron chi connectivity index (χ1n) is 8.77. The average Bonchev–Trinajstić information content (AvgIpc) is 3.16. The van der Waals surface area contributed by atoms with Crippen LogP contribution in [0.5, 0.6) is 5.75 Å². The predicted octanol–water partition coefficient (Wildman–Crippen LogP) is 3.15. The summed E-state index contributed by atoms with van der Waals surface area (Å²) in [6, 6.07) is 7.46. The van der Waals surface area contributed by atoms with E-state index in [1.54, 1.807) is 12.5 Å². The summed E-state index contributed by atoms with van der Waals surface area (Å²) in [4.78, 5) is 16.4. The summed E-state index contributed by atoms with van der Waals surface area (Å²) in [6.45, 7) is 7.08. The van der Waals surface area contributed by atoms with Crippen molar-refractivity contribution >= 4 is 17.6 Å². The average molecular weight is 378 g/mol. The molecule has 1 aromatic carbocycles. The largest absolute Gasteiger partial charge is 0.492 e. The van der Waals surface area contributed by atoms with Crippen LogP contribution < -0.4 is 10.1 Å². The van der Waals surface area contributed by atoms with E-state index in [-0.39, 0.29) is 6.03 Å². The van der Waals surface area contributed by atoms with Gasteiger partial charge < -0.3 is 19.4 Å². The maximum absolute atomic E-state index is 12.2. The normalized spacial score (nSPS) is 15.1. The van der Waals surface area contributed by atoms with Crippen LogP contribution in [0, 0.1) is 6.92 Å². The Balaban J connectivity index is 1.35. The van der Waals surface area contributed by atoms with Gasteiger partial charge in [0.25, 0.3) is 0 Å². The molecule has 6 nitrogen and oxygen atoms in total. The van der Waals surface area contributed by atoms with Crippen molar-refractivity contribution in [2.24, 2.45) is 0 Å². The van der Waals surface area contributed by atoms with E-state index in [0.717, 1.165) is 54.6 Å². The third-order valence-electron chi connectivity index (χ3n) is 4.49. The van der Waals surface area contributed by atoms with Crippen LogP contribution >= 0.6 is 11.6 Å². The van der Waals surface area contributed by atoms with E-state index in [1.165, 1.54) is 0 Å². The third kappa shape index (κ3) is 5.16. The highest BCUT2D eigenvalue weighted by Crippen LogP contribution is 2.21. The molecule has 1 aromatic heterocycles. The van der Waals surface area contributed by atoms with Crippen LogP contribution in [-0.4, -0.2) is 55.2 Å². The number of nitrogens with zero attached hydrogens (tertiary/aromatic N) is 2. The first-order valence-corrected chi connectivity index (χ1v) is 9.15. The van der Waals surface area contributed by atoms with Crippen LogP contribution in [0.25, 0.3) is 0 Å². The maximum Gasteiger partial charge on any atom is 0.317 e. The van der Waals surface area contributed by atoms with Gasteiger partial charge in [0.2, 0.25) is 0 Å². The Bertz CT molecular complexity index is 713. The van der Waals surface area contributed by atoms with Gasteiger partial charge in [0.1, 0.15) is 12.4 Å². The summed E-state index contributed by atoms with van der Waals surface area (Å²) in [7, 11) is 0. The Hall–Kier alpha value is -2.18. The molecule has 2 heterocycles. The molecule has 1 N–H and O–H groups in total. The molecule has 1 fully saturated rings. The highest BCUT2D eigenvalue weighted by molar-refractivity contribution is 6.30. The molecule has 26 heavy (non-hydrogen) atoms. The Morgan fingerprint density at radius 2 is 2.08 bits per heavy atom. The topological polar surface area (TPSA) is 58.0 Å². The Labute approximate surface area is 158 Å². The quantitative estimate of drug-likeness (QED) is 0.840. The molecule has 1 aliphatic heterocycles. The van der Waals surface area contributed by atoms with Gasteiger partial charge in [-0.15, -0.1) is 0 Å². The van der Waals surface area contributed by atoms with E-state index in [1.807, 2.05) is 36.1 Å². The van der Waals surface area contributed by atoms with Gasteiger partial charge in [0.05, 0.1) is 12.5 Å². The molecule has 0 atom stereocenters. The third-order valence-corrected chi connectivity index (χ3v) is 4.72. The van der Waals surface area contributed by atoms with Gasteiger partial charge in [-0.25, -0.2) is 4.79 Å². The van der Waals surface area contributed by atoms with E-state index < -0.39 is 0 Å². The second-order valence-corrected chi connectivity index (χ2v) is 6.81. The highest BCUT2D eigenvalue weighted by Gasteiger charge is 2.20. The Morgan fingerprint density at radius 3 is 2.77 bits per heavy atom. The number of hydrogen-bond acceptors (Lipinski definition) is 4. The van der Waals surface area contributed by atoms with Crippen molar-refractivity contribution < 1.29 is 13.9 Å². The molecule has 140 valence electrons. The zero-order valence-corrected chi connectivity index (χ0v) is 15.7. The van der Waals surface area contributed by atoms with Gasteiger partial charge in [-0.05, 0) is 36.8 Å². The summed E-state index contributed by atoms with van der Waals surface area (Å²) in [5.41, 5.74) is 2.00. The molecule has 3 rings (SSSR count). The monoisotopic (exact) mass is 377 g/mol. The number of rotatable bonds is 6. The molecule has 0 radical (unpaired) electrons. The number of carbonyl (C=O) groups excluding carboxylic acids is 1. The Kier molecular flexibility index (Phi) is 6.41. The highest BCUT2D eigenvalue weighted by atomic mass is 35.5. The molecule has 0 bridgehead atoms. The first-order chi connectivity index (χ1) is 12.6. The van der Waals surface area contributed by atoms with Crippen molar-refractivity contribution in [2.75, 3.05) is 39.3 Å². The zero-order chi connectivity index (χ0) is 18.4. The number of urea groups is 1. The molecule has 2 amide bonds. The van der Waals surface area contributed by atoms with E-state index in [9.17, 15) is 4.79 Å². The lowest BCUT2D eigenvalue weighted by Gasteiger charge is -2.34. The standard InChI is InChI=1S/C19H24ClN3O3/c1-15-12-17(20)2-3-18(15)26-11-9-22-5-7-23(8-6-22)19(24)21-13-16-4-10-25-14-16/h2-4,10,12,14H,5-9,11,13H2,1H3,(H,21,24). The number of benzene rings is 1. The van der Waals surface area contributed by atoms with Crippen molar-refractivity contribution in [2.45, 2.75) is 13.5 Å². The van der Waals surface area contributed by atoms with Gasteiger partial charge in [-0.1, -0.05) is 11.6 Å². The second-order valence-electron chi connectivity index (χ2n) is 6.38. The lowest BCUT2D eigenvalue weighted by Crippen LogP contribution is -2.52. The number of carbonyl (C=O) groups is 1. The minimum Gasteiger partial charge on any atom is -0.492 e. The van der Waals surface area contributed by atoms with Crippen molar-refractivity contribution in [3.8, 4) is 5.75 Å². The fourth-order valence-electron chi connectivity index (χ4n) is 2.92. The number of furan rings is 1. The number of amides is 2. The van der Waals surface area contributed by atoms with E-state index >= 15 is 0 Å². The number of ether oxygens (including phenoxy) is 1. The second kappa shape index (κ2) is 8.96. The van der Waals surface area contributed by atoms with Crippen molar-refractivity contribution in [1.29, 1.82) is 0 Å². The summed E-state index contributed by atoms with van der Waals surface area (Å²) in [6.07, 6.45) is 3.24. The molecule has 1 saturated heterocycles. The maximum atomic E-state index is 12.2.